The summed E-state index contributed by atoms with van der Waals surface area (Å²) in [5.41, 5.74) is 0.829. The minimum atomic E-state index is -0.913. The van der Waals surface area contributed by atoms with Crippen molar-refractivity contribution < 1.29 is 14.7 Å². The summed E-state index contributed by atoms with van der Waals surface area (Å²) in [6, 6.07) is 8.79. The van der Waals surface area contributed by atoms with Gasteiger partial charge in [-0.05, 0) is 37.4 Å². The fourth-order valence-electron chi connectivity index (χ4n) is 2.73. The Bertz CT molecular complexity index is 470. The number of carboxylic acid groups (broad SMARTS) is 1. The van der Waals surface area contributed by atoms with Crippen molar-refractivity contribution in [2.45, 2.75) is 31.7 Å². The SMILES string of the molecule is O=C(O)CC(NC(=O)CC1CCCNC1)c1ccccc1. The summed E-state index contributed by atoms with van der Waals surface area (Å²) in [5, 5.41) is 15.2. The van der Waals surface area contributed by atoms with Gasteiger partial charge in [0.25, 0.3) is 0 Å². The minimum Gasteiger partial charge on any atom is -0.481 e. The van der Waals surface area contributed by atoms with E-state index in [9.17, 15) is 9.59 Å². The van der Waals surface area contributed by atoms with Crippen LogP contribution in [-0.2, 0) is 9.59 Å². The number of nitrogens with one attached hydrogen (secondary N) is 2. The number of hydrogen-bond donors (Lipinski definition) is 3. The number of benzene rings is 1. The van der Waals surface area contributed by atoms with Gasteiger partial charge in [0.05, 0.1) is 12.5 Å². The molecule has 114 valence electrons. The van der Waals surface area contributed by atoms with Crippen LogP contribution in [0.3, 0.4) is 0 Å². The Hall–Kier alpha value is -1.88. The molecule has 0 saturated carbocycles. The smallest absolute Gasteiger partial charge is 0.305 e. The van der Waals surface area contributed by atoms with E-state index in [2.05, 4.69) is 10.6 Å². The van der Waals surface area contributed by atoms with E-state index < -0.39 is 12.0 Å². The quantitative estimate of drug-likeness (QED) is 0.745. The van der Waals surface area contributed by atoms with Gasteiger partial charge in [-0.1, -0.05) is 30.3 Å². The maximum absolute atomic E-state index is 12.1. The van der Waals surface area contributed by atoms with Gasteiger partial charge in [0, 0.05) is 6.42 Å². The highest BCUT2D eigenvalue weighted by molar-refractivity contribution is 5.78. The number of carboxylic acids is 1. The Morgan fingerprint density at radius 3 is 2.71 bits per heavy atom. The van der Waals surface area contributed by atoms with Crippen LogP contribution in [0.1, 0.15) is 37.3 Å². The molecule has 3 N–H and O–H groups in total. The van der Waals surface area contributed by atoms with Crippen molar-refractivity contribution in [1.82, 2.24) is 10.6 Å². The van der Waals surface area contributed by atoms with E-state index >= 15 is 0 Å². The van der Waals surface area contributed by atoms with E-state index in [-0.39, 0.29) is 12.3 Å². The molecule has 0 spiro atoms. The average Bonchev–Trinajstić information content (AvgIpc) is 2.48. The monoisotopic (exact) mass is 290 g/mol. The summed E-state index contributed by atoms with van der Waals surface area (Å²) >= 11 is 0. The lowest BCUT2D eigenvalue weighted by Crippen LogP contribution is -2.36. The second-order valence-electron chi connectivity index (χ2n) is 5.55. The van der Waals surface area contributed by atoms with E-state index in [1.807, 2.05) is 30.3 Å². The topological polar surface area (TPSA) is 78.4 Å². The van der Waals surface area contributed by atoms with Gasteiger partial charge in [-0.15, -0.1) is 0 Å². The van der Waals surface area contributed by atoms with Crippen LogP contribution in [0, 0.1) is 5.92 Å². The first-order chi connectivity index (χ1) is 10.1. The molecule has 0 aromatic heterocycles. The number of rotatable bonds is 6. The van der Waals surface area contributed by atoms with Gasteiger partial charge in [0.15, 0.2) is 0 Å². The van der Waals surface area contributed by atoms with Crippen molar-refractivity contribution in [1.29, 1.82) is 0 Å². The van der Waals surface area contributed by atoms with Crippen LogP contribution in [0.4, 0.5) is 0 Å². The molecule has 2 rings (SSSR count). The van der Waals surface area contributed by atoms with E-state index in [1.165, 1.54) is 0 Å². The lowest BCUT2D eigenvalue weighted by Gasteiger charge is -2.24. The van der Waals surface area contributed by atoms with Gasteiger partial charge in [-0.25, -0.2) is 0 Å². The van der Waals surface area contributed by atoms with E-state index in [1.54, 1.807) is 0 Å². The van der Waals surface area contributed by atoms with Gasteiger partial charge < -0.3 is 15.7 Å². The second kappa shape index (κ2) is 7.78. The summed E-state index contributed by atoms with van der Waals surface area (Å²) in [4.78, 5) is 23.1. The molecule has 0 aliphatic carbocycles. The predicted molar refractivity (Wildman–Crippen MR) is 79.8 cm³/mol. The molecule has 1 aromatic carbocycles. The molecule has 2 unspecified atom stereocenters. The Morgan fingerprint density at radius 1 is 1.33 bits per heavy atom. The van der Waals surface area contributed by atoms with Crippen molar-refractivity contribution in [2.24, 2.45) is 5.92 Å². The summed E-state index contributed by atoms with van der Waals surface area (Å²) < 4.78 is 0. The molecule has 1 heterocycles. The number of carbonyl (C=O) groups excluding carboxylic acids is 1. The third-order valence-corrected chi connectivity index (χ3v) is 3.79. The average molecular weight is 290 g/mol. The third-order valence-electron chi connectivity index (χ3n) is 3.79. The molecule has 1 amide bonds. The first kappa shape index (κ1) is 15.5. The zero-order chi connectivity index (χ0) is 15.1. The lowest BCUT2D eigenvalue weighted by molar-refractivity contribution is -0.137. The molecule has 0 bridgehead atoms. The van der Waals surface area contributed by atoms with Crippen LogP contribution in [0.15, 0.2) is 30.3 Å². The molecule has 5 nitrogen and oxygen atoms in total. The van der Waals surface area contributed by atoms with Crippen molar-refractivity contribution >= 4 is 11.9 Å². The molecule has 1 aliphatic heterocycles. The Labute approximate surface area is 124 Å². The van der Waals surface area contributed by atoms with Crippen molar-refractivity contribution in [2.75, 3.05) is 13.1 Å². The van der Waals surface area contributed by atoms with Gasteiger partial charge in [0.1, 0.15) is 0 Å². The maximum Gasteiger partial charge on any atom is 0.305 e. The van der Waals surface area contributed by atoms with Gasteiger partial charge in [-0.2, -0.15) is 0 Å². The first-order valence-electron chi connectivity index (χ1n) is 7.42. The molecular formula is C16H22N2O3. The number of hydrogen-bond acceptors (Lipinski definition) is 3. The number of aliphatic carboxylic acids is 1. The molecule has 1 aliphatic rings. The molecular weight excluding hydrogens is 268 g/mol. The summed E-state index contributed by atoms with van der Waals surface area (Å²) in [6.45, 7) is 1.88. The highest BCUT2D eigenvalue weighted by Gasteiger charge is 2.21. The van der Waals surface area contributed by atoms with Crippen molar-refractivity contribution in [3.63, 3.8) is 0 Å². The van der Waals surface area contributed by atoms with Crippen LogP contribution < -0.4 is 10.6 Å². The zero-order valence-electron chi connectivity index (χ0n) is 12.0. The summed E-state index contributed by atoms with van der Waals surface area (Å²) in [5.74, 6) is -0.637. The zero-order valence-corrected chi connectivity index (χ0v) is 12.0. The second-order valence-corrected chi connectivity index (χ2v) is 5.55. The molecule has 1 saturated heterocycles. The Kier molecular flexibility index (Phi) is 5.75. The van der Waals surface area contributed by atoms with E-state index in [0.29, 0.717) is 12.3 Å². The molecule has 1 fully saturated rings. The highest BCUT2D eigenvalue weighted by Crippen LogP contribution is 2.19. The number of amides is 1. The minimum absolute atomic E-state index is 0.0706. The Balaban J connectivity index is 1.94. The number of piperidine rings is 1. The van der Waals surface area contributed by atoms with Crippen LogP contribution in [0.5, 0.6) is 0 Å². The third kappa shape index (κ3) is 5.19. The Morgan fingerprint density at radius 2 is 2.10 bits per heavy atom. The van der Waals surface area contributed by atoms with Gasteiger partial charge in [-0.3, -0.25) is 9.59 Å². The van der Waals surface area contributed by atoms with Crippen LogP contribution in [0.25, 0.3) is 0 Å². The fraction of sp³-hybridized carbons (Fsp3) is 0.500. The summed E-state index contributed by atoms with van der Waals surface area (Å²) in [7, 11) is 0. The molecule has 0 radical (unpaired) electrons. The normalized spacial score (nSPS) is 19.7. The van der Waals surface area contributed by atoms with Gasteiger partial charge in [0.2, 0.25) is 5.91 Å². The molecule has 2 atom stereocenters. The van der Waals surface area contributed by atoms with Crippen LogP contribution >= 0.6 is 0 Å². The van der Waals surface area contributed by atoms with Crippen molar-refractivity contribution in [3.05, 3.63) is 35.9 Å². The molecule has 1 aromatic rings. The maximum atomic E-state index is 12.1. The van der Waals surface area contributed by atoms with Crippen LogP contribution in [-0.4, -0.2) is 30.1 Å². The van der Waals surface area contributed by atoms with E-state index in [0.717, 1.165) is 31.5 Å². The first-order valence-corrected chi connectivity index (χ1v) is 7.42. The summed E-state index contributed by atoms with van der Waals surface area (Å²) in [6.07, 6.45) is 2.50. The largest absolute Gasteiger partial charge is 0.481 e. The van der Waals surface area contributed by atoms with Gasteiger partial charge >= 0.3 is 5.97 Å². The standard InChI is InChI=1S/C16H22N2O3/c19-15(9-12-5-4-8-17-11-12)18-14(10-16(20)21)13-6-2-1-3-7-13/h1-3,6-7,12,14,17H,4-5,8-11H2,(H,18,19)(H,20,21). The number of carbonyl (C=O) groups is 2. The predicted octanol–water partition coefficient (Wildman–Crippen LogP) is 1.71. The molecule has 5 heteroatoms. The van der Waals surface area contributed by atoms with Crippen LogP contribution in [0.2, 0.25) is 0 Å². The fourth-order valence-corrected chi connectivity index (χ4v) is 2.73. The highest BCUT2D eigenvalue weighted by atomic mass is 16.4. The lowest BCUT2D eigenvalue weighted by atomic mass is 9.95. The van der Waals surface area contributed by atoms with Crippen molar-refractivity contribution in [3.8, 4) is 0 Å². The van der Waals surface area contributed by atoms with E-state index in [4.69, 9.17) is 5.11 Å². The molecule has 21 heavy (non-hydrogen) atoms.